The molecule has 16 heavy (non-hydrogen) atoms. The van der Waals surface area contributed by atoms with E-state index in [0.29, 0.717) is 17.8 Å². The largest absolute Gasteiger partial charge is 0.383 e. The molecule has 1 aromatic carbocycles. The summed E-state index contributed by atoms with van der Waals surface area (Å²) in [6.45, 7) is 2.16. The summed E-state index contributed by atoms with van der Waals surface area (Å²) < 4.78 is 21.9. The number of hydrogen-bond acceptors (Lipinski definition) is 4. The average molecular weight is 238 g/mol. The van der Waals surface area contributed by atoms with E-state index in [1.165, 1.54) is 6.26 Å². The molecule has 0 aliphatic heterocycles. The number of rotatable bonds is 4. The third-order valence-corrected chi connectivity index (χ3v) is 3.12. The van der Waals surface area contributed by atoms with Crippen LogP contribution in [0.5, 0.6) is 0 Å². The molecule has 1 rings (SSSR count). The van der Waals surface area contributed by atoms with E-state index in [1.54, 1.807) is 6.07 Å². The topological polar surface area (TPSA) is 70.0 Å². The molecule has 86 valence electrons. The van der Waals surface area contributed by atoms with Gasteiger partial charge in [-0.25, -0.2) is 8.42 Å². The molecule has 0 amide bonds. The van der Waals surface area contributed by atoms with Gasteiger partial charge in [0, 0.05) is 12.8 Å². The molecule has 0 radical (unpaired) electrons. The van der Waals surface area contributed by atoms with Crippen LogP contribution in [0.1, 0.15) is 11.1 Å². The smallest absolute Gasteiger partial charge is 0.149 e. The first-order chi connectivity index (χ1) is 7.44. The van der Waals surface area contributed by atoms with Gasteiger partial charge >= 0.3 is 0 Å². The van der Waals surface area contributed by atoms with E-state index >= 15 is 0 Å². The van der Waals surface area contributed by atoms with Crippen molar-refractivity contribution >= 4 is 15.5 Å². The fourth-order valence-corrected chi connectivity index (χ4v) is 1.81. The molecular weight excluding hydrogens is 224 g/mol. The highest BCUT2D eigenvalue weighted by Gasteiger charge is 2.05. The van der Waals surface area contributed by atoms with Gasteiger partial charge in [-0.1, -0.05) is 12.1 Å². The van der Waals surface area contributed by atoms with Gasteiger partial charge in [-0.3, -0.25) is 0 Å². The summed E-state index contributed by atoms with van der Waals surface area (Å²) in [6.07, 6.45) is 1.19. The van der Waals surface area contributed by atoms with Crippen LogP contribution in [0.4, 0.5) is 5.69 Å². The molecule has 1 aromatic rings. The summed E-state index contributed by atoms with van der Waals surface area (Å²) in [7, 11) is -2.97. The third-order valence-electron chi connectivity index (χ3n) is 2.17. The van der Waals surface area contributed by atoms with Crippen molar-refractivity contribution in [2.75, 3.05) is 23.9 Å². The lowest BCUT2D eigenvalue weighted by atomic mass is 10.1. The van der Waals surface area contributed by atoms with Gasteiger partial charge in [0.25, 0.3) is 0 Å². The second-order valence-corrected chi connectivity index (χ2v) is 5.93. The number of benzene rings is 1. The Morgan fingerprint density at radius 2 is 2.12 bits per heavy atom. The lowest BCUT2D eigenvalue weighted by Crippen LogP contribution is -2.14. The molecule has 0 fully saturated rings. The molecule has 0 unspecified atom stereocenters. The lowest BCUT2D eigenvalue weighted by Gasteiger charge is -2.08. The first kappa shape index (κ1) is 12.5. The van der Waals surface area contributed by atoms with Crippen LogP contribution in [0.15, 0.2) is 18.2 Å². The molecule has 0 saturated carbocycles. The van der Waals surface area contributed by atoms with Gasteiger partial charge < -0.3 is 5.32 Å². The van der Waals surface area contributed by atoms with E-state index in [2.05, 4.69) is 11.4 Å². The van der Waals surface area contributed by atoms with Crippen molar-refractivity contribution < 1.29 is 8.42 Å². The normalized spacial score (nSPS) is 10.8. The SMILES string of the molecule is Cc1cccc(NCCS(C)(=O)=O)c1C#N. The predicted molar refractivity (Wildman–Crippen MR) is 64.1 cm³/mol. The van der Waals surface area contributed by atoms with Crippen LogP contribution in [0, 0.1) is 18.3 Å². The van der Waals surface area contributed by atoms with Crippen LogP contribution < -0.4 is 5.32 Å². The maximum Gasteiger partial charge on any atom is 0.149 e. The van der Waals surface area contributed by atoms with Gasteiger partial charge in [-0.05, 0) is 18.6 Å². The monoisotopic (exact) mass is 238 g/mol. The maximum atomic E-state index is 10.9. The predicted octanol–water partition coefficient (Wildman–Crippen LogP) is 1.32. The minimum Gasteiger partial charge on any atom is -0.383 e. The molecule has 0 atom stereocenters. The highest BCUT2D eigenvalue weighted by Crippen LogP contribution is 2.17. The first-order valence-electron chi connectivity index (χ1n) is 4.85. The van der Waals surface area contributed by atoms with Gasteiger partial charge in [0.05, 0.1) is 17.0 Å². The molecule has 0 heterocycles. The van der Waals surface area contributed by atoms with E-state index < -0.39 is 9.84 Å². The van der Waals surface area contributed by atoms with Crippen molar-refractivity contribution in [2.24, 2.45) is 0 Å². The Hall–Kier alpha value is -1.54. The van der Waals surface area contributed by atoms with Crippen molar-refractivity contribution in [1.29, 1.82) is 5.26 Å². The zero-order valence-corrected chi connectivity index (χ0v) is 10.1. The Labute approximate surface area is 95.8 Å². The van der Waals surface area contributed by atoms with Crippen molar-refractivity contribution in [3.05, 3.63) is 29.3 Å². The minimum absolute atomic E-state index is 0.0613. The van der Waals surface area contributed by atoms with Crippen molar-refractivity contribution in [2.45, 2.75) is 6.92 Å². The number of nitriles is 1. The van der Waals surface area contributed by atoms with Crippen LogP contribution in [0.2, 0.25) is 0 Å². The van der Waals surface area contributed by atoms with Crippen molar-refractivity contribution in [3.8, 4) is 6.07 Å². The Morgan fingerprint density at radius 1 is 1.44 bits per heavy atom. The molecule has 0 aliphatic rings. The first-order valence-corrected chi connectivity index (χ1v) is 6.91. The summed E-state index contributed by atoms with van der Waals surface area (Å²) in [5.41, 5.74) is 2.13. The highest BCUT2D eigenvalue weighted by molar-refractivity contribution is 7.90. The average Bonchev–Trinajstić information content (AvgIpc) is 2.16. The van der Waals surface area contributed by atoms with E-state index in [-0.39, 0.29) is 5.75 Å². The van der Waals surface area contributed by atoms with E-state index in [0.717, 1.165) is 5.56 Å². The number of anilines is 1. The molecular formula is C11H14N2O2S. The molecule has 5 heteroatoms. The number of sulfone groups is 1. The zero-order chi connectivity index (χ0) is 12.2. The maximum absolute atomic E-state index is 10.9. The van der Waals surface area contributed by atoms with E-state index in [9.17, 15) is 8.42 Å². The van der Waals surface area contributed by atoms with Crippen LogP contribution in [0.25, 0.3) is 0 Å². The quantitative estimate of drug-likeness (QED) is 0.859. The third kappa shape index (κ3) is 3.55. The zero-order valence-electron chi connectivity index (χ0n) is 9.32. The van der Waals surface area contributed by atoms with Crippen molar-refractivity contribution in [1.82, 2.24) is 0 Å². The standard InChI is InChI=1S/C11H14N2O2S/c1-9-4-3-5-11(10(9)8-12)13-6-7-16(2,14)15/h3-5,13H,6-7H2,1-2H3. The lowest BCUT2D eigenvalue weighted by molar-refractivity contribution is 0.602. The molecule has 0 bridgehead atoms. The molecule has 0 saturated heterocycles. The van der Waals surface area contributed by atoms with Crippen LogP contribution in [-0.2, 0) is 9.84 Å². The van der Waals surface area contributed by atoms with Gasteiger partial charge in [0.2, 0.25) is 0 Å². The van der Waals surface area contributed by atoms with Crippen LogP contribution in [-0.4, -0.2) is 27.0 Å². The Kier molecular flexibility index (Phi) is 3.91. The number of aryl methyl sites for hydroxylation is 1. The van der Waals surface area contributed by atoms with Crippen molar-refractivity contribution in [3.63, 3.8) is 0 Å². The fraction of sp³-hybridized carbons (Fsp3) is 0.364. The van der Waals surface area contributed by atoms with E-state index in [1.807, 2.05) is 19.1 Å². The Morgan fingerprint density at radius 3 is 2.69 bits per heavy atom. The summed E-state index contributed by atoms with van der Waals surface area (Å²) in [4.78, 5) is 0. The fourth-order valence-electron chi connectivity index (χ4n) is 1.33. The number of nitrogens with one attached hydrogen (secondary N) is 1. The number of nitrogens with zero attached hydrogens (tertiary/aromatic N) is 1. The van der Waals surface area contributed by atoms with Gasteiger partial charge in [-0.2, -0.15) is 5.26 Å². The molecule has 1 N–H and O–H groups in total. The molecule has 0 spiro atoms. The summed E-state index contributed by atoms with van der Waals surface area (Å²) in [5, 5.41) is 11.9. The van der Waals surface area contributed by atoms with Gasteiger partial charge in [-0.15, -0.1) is 0 Å². The number of hydrogen-bond donors (Lipinski definition) is 1. The Bertz CT molecular complexity index is 515. The van der Waals surface area contributed by atoms with Gasteiger partial charge in [0.15, 0.2) is 0 Å². The van der Waals surface area contributed by atoms with Crippen LogP contribution >= 0.6 is 0 Å². The van der Waals surface area contributed by atoms with Gasteiger partial charge in [0.1, 0.15) is 15.9 Å². The summed E-state index contributed by atoms with van der Waals surface area (Å²) >= 11 is 0. The summed E-state index contributed by atoms with van der Waals surface area (Å²) in [6, 6.07) is 7.55. The second-order valence-electron chi connectivity index (χ2n) is 3.67. The molecule has 0 aliphatic carbocycles. The Balaban J connectivity index is 2.76. The second kappa shape index (κ2) is 4.99. The minimum atomic E-state index is -2.97. The molecule has 0 aromatic heterocycles. The summed E-state index contributed by atoms with van der Waals surface area (Å²) in [5.74, 6) is 0.0613. The highest BCUT2D eigenvalue weighted by atomic mass is 32.2. The van der Waals surface area contributed by atoms with E-state index in [4.69, 9.17) is 5.26 Å². The van der Waals surface area contributed by atoms with Crippen LogP contribution in [0.3, 0.4) is 0 Å². The molecule has 4 nitrogen and oxygen atoms in total.